The van der Waals surface area contributed by atoms with Crippen LogP contribution >= 0.6 is 0 Å². The molecule has 1 aromatic rings. The zero-order valence-electron chi connectivity index (χ0n) is 12.0. The maximum atomic E-state index is 12.0. The summed E-state index contributed by atoms with van der Waals surface area (Å²) in [6.45, 7) is 6.26. The Bertz CT molecular complexity index is 540. The van der Waals surface area contributed by atoms with Crippen molar-refractivity contribution < 1.29 is 8.42 Å². The third kappa shape index (κ3) is 3.50. The topological polar surface area (TPSA) is 75.4 Å². The van der Waals surface area contributed by atoms with Gasteiger partial charge in [-0.05, 0) is 57.0 Å². The molecule has 1 fully saturated rings. The molecule has 1 aliphatic heterocycles. The third-order valence-corrected chi connectivity index (χ3v) is 5.20. The number of nitrogens with one attached hydrogen (secondary N) is 1. The fraction of sp³-hybridized carbons (Fsp3) is 0.571. The van der Waals surface area contributed by atoms with E-state index in [4.69, 9.17) is 5.73 Å². The van der Waals surface area contributed by atoms with E-state index in [0.29, 0.717) is 17.4 Å². The molecule has 1 heterocycles. The molecule has 0 aliphatic carbocycles. The molecular formula is C14H23N3O2S. The van der Waals surface area contributed by atoms with Gasteiger partial charge in [0, 0.05) is 24.8 Å². The van der Waals surface area contributed by atoms with Gasteiger partial charge in [0.1, 0.15) is 0 Å². The van der Waals surface area contributed by atoms with Crippen molar-refractivity contribution in [1.29, 1.82) is 0 Å². The highest BCUT2D eigenvalue weighted by Gasteiger charge is 2.22. The van der Waals surface area contributed by atoms with E-state index in [1.807, 2.05) is 26.0 Å². The van der Waals surface area contributed by atoms with Gasteiger partial charge in [-0.15, -0.1) is 0 Å². The van der Waals surface area contributed by atoms with E-state index in [1.165, 1.54) is 0 Å². The van der Waals surface area contributed by atoms with E-state index in [2.05, 4.69) is 9.62 Å². The summed E-state index contributed by atoms with van der Waals surface area (Å²) in [5, 5.41) is 0. The first-order chi connectivity index (χ1) is 9.42. The molecule has 5 nitrogen and oxygen atoms in total. The van der Waals surface area contributed by atoms with Crippen molar-refractivity contribution >= 4 is 15.7 Å². The molecule has 0 bridgehead atoms. The minimum absolute atomic E-state index is 0.108. The molecule has 112 valence electrons. The summed E-state index contributed by atoms with van der Waals surface area (Å²) >= 11 is 0. The Morgan fingerprint density at radius 1 is 1.35 bits per heavy atom. The number of anilines is 1. The Kier molecular flexibility index (Phi) is 4.67. The van der Waals surface area contributed by atoms with Gasteiger partial charge in [-0.3, -0.25) is 0 Å². The summed E-state index contributed by atoms with van der Waals surface area (Å²) in [6, 6.07) is 6.95. The zero-order chi connectivity index (χ0) is 14.8. The molecule has 0 saturated carbocycles. The van der Waals surface area contributed by atoms with Crippen LogP contribution in [0.4, 0.5) is 5.69 Å². The lowest BCUT2D eigenvalue weighted by Crippen LogP contribution is -2.30. The fourth-order valence-corrected chi connectivity index (χ4v) is 3.73. The SMILES string of the molecule is CC(C)NS(=O)(=O)c1ccc(N2CCC(CN)C2)cc1. The van der Waals surface area contributed by atoms with E-state index in [0.717, 1.165) is 25.2 Å². The Morgan fingerprint density at radius 2 is 2.00 bits per heavy atom. The number of rotatable bonds is 5. The van der Waals surface area contributed by atoms with Crippen molar-refractivity contribution in [3.8, 4) is 0 Å². The van der Waals surface area contributed by atoms with Crippen molar-refractivity contribution in [1.82, 2.24) is 4.72 Å². The number of nitrogens with zero attached hydrogens (tertiary/aromatic N) is 1. The maximum absolute atomic E-state index is 12.0. The molecule has 1 atom stereocenters. The molecule has 1 saturated heterocycles. The van der Waals surface area contributed by atoms with Crippen molar-refractivity contribution in [2.24, 2.45) is 11.7 Å². The van der Waals surface area contributed by atoms with Gasteiger partial charge in [0.25, 0.3) is 0 Å². The molecule has 3 N–H and O–H groups in total. The lowest BCUT2D eigenvalue weighted by atomic mass is 10.1. The number of benzene rings is 1. The van der Waals surface area contributed by atoms with Crippen LogP contribution < -0.4 is 15.4 Å². The normalized spacial score (nSPS) is 19.8. The highest BCUT2D eigenvalue weighted by atomic mass is 32.2. The molecule has 6 heteroatoms. The Hall–Kier alpha value is -1.11. The predicted octanol–water partition coefficient (Wildman–Crippen LogP) is 1.16. The standard InChI is InChI=1S/C14H23N3O2S/c1-11(2)16-20(18,19)14-5-3-13(4-6-14)17-8-7-12(9-15)10-17/h3-6,11-12,16H,7-10,15H2,1-2H3. The van der Waals surface area contributed by atoms with Gasteiger partial charge in [0.2, 0.25) is 10.0 Å². The van der Waals surface area contributed by atoms with Crippen LogP contribution in [0.3, 0.4) is 0 Å². The average molecular weight is 297 g/mol. The first-order valence-electron chi connectivity index (χ1n) is 7.00. The highest BCUT2D eigenvalue weighted by Crippen LogP contribution is 2.24. The second-order valence-electron chi connectivity index (χ2n) is 5.61. The number of sulfonamides is 1. The average Bonchev–Trinajstić information content (AvgIpc) is 2.86. The monoisotopic (exact) mass is 297 g/mol. The van der Waals surface area contributed by atoms with Gasteiger partial charge < -0.3 is 10.6 Å². The Balaban J connectivity index is 2.11. The summed E-state index contributed by atoms with van der Waals surface area (Å²) in [5.41, 5.74) is 6.75. The van der Waals surface area contributed by atoms with Gasteiger partial charge in [0.05, 0.1) is 4.90 Å². The van der Waals surface area contributed by atoms with E-state index >= 15 is 0 Å². The zero-order valence-corrected chi connectivity index (χ0v) is 12.9. The van der Waals surface area contributed by atoms with Crippen molar-refractivity contribution in [2.45, 2.75) is 31.2 Å². The molecule has 1 aromatic carbocycles. The predicted molar refractivity (Wildman–Crippen MR) is 81.3 cm³/mol. The smallest absolute Gasteiger partial charge is 0.240 e. The van der Waals surface area contributed by atoms with E-state index in [-0.39, 0.29) is 6.04 Å². The van der Waals surface area contributed by atoms with Gasteiger partial charge in [-0.2, -0.15) is 0 Å². The summed E-state index contributed by atoms with van der Waals surface area (Å²) < 4.78 is 26.6. The minimum atomic E-state index is -3.40. The van der Waals surface area contributed by atoms with Crippen LogP contribution in [0, 0.1) is 5.92 Å². The van der Waals surface area contributed by atoms with Crippen LogP contribution in [0.5, 0.6) is 0 Å². The van der Waals surface area contributed by atoms with Crippen molar-refractivity contribution in [3.63, 3.8) is 0 Å². The van der Waals surface area contributed by atoms with Gasteiger partial charge in [-0.1, -0.05) is 0 Å². The summed E-state index contributed by atoms with van der Waals surface area (Å²) in [4.78, 5) is 2.56. The lowest BCUT2D eigenvalue weighted by Gasteiger charge is -2.19. The lowest BCUT2D eigenvalue weighted by molar-refractivity contribution is 0.570. The summed E-state index contributed by atoms with van der Waals surface area (Å²) in [6.07, 6.45) is 1.10. The molecule has 0 aromatic heterocycles. The second-order valence-corrected chi connectivity index (χ2v) is 7.32. The molecule has 0 amide bonds. The third-order valence-electron chi connectivity index (χ3n) is 3.52. The summed E-state index contributed by atoms with van der Waals surface area (Å²) in [7, 11) is -3.40. The molecule has 1 aliphatic rings. The van der Waals surface area contributed by atoms with E-state index < -0.39 is 10.0 Å². The van der Waals surface area contributed by atoms with Crippen LogP contribution in [-0.4, -0.2) is 34.1 Å². The molecular weight excluding hydrogens is 274 g/mol. The quantitative estimate of drug-likeness (QED) is 0.855. The Labute approximate surface area is 121 Å². The number of hydrogen-bond acceptors (Lipinski definition) is 4. The largest absolute Gasteiger partial charge is 0.371 e. The first kappa shape index (κ1) is 15.3. The summed E-state index contributed by atoms with van der Waals surface area (Å²) in [5.74, 6) is 0.543. The van der Waals surface area contributed by atoms with Crippen LogP contribution in [0.1, 0.15) is 20.3 Å². The molecule has 1 unspecified atom stereocenters. The van der Waals surface area contributed by atoms with Crippen LogP contribution in [0.2, 0.25) is 0 Å². The van der Waals surface area contributed by atoms with Gasteiger partial charge in [0.15, 0.2) is 0 Å². The van der Waals surface area contributed by atoms with Crippen LogP contribution in [-0.2, 0) is 10.0 Å². The second kappa shape index (κ2) is 6.11. The van der Waals surface area contributed by atoms with E-state index in [9.17, 15) is 8.42 Å². The molecule has 0 radical (unpaired) electrons. The molecule has 2 rings (SSSR count). The highest BCUT2D eigenvalue weighted by molar-refractivity contribution is 7.89. The van der Waals surface area contributed by atoms with Gasteiger partial charge in [-0.25, -0.2) is 13.1 Å². The first-order valence-corrected chi connectivity index (χ1v) is 8.48. The van der Waals surface area contributed by atoms with Crippen molar-refractivity contribution in [3.05, 3.63) is 24.3 Å². The number of nitrogens with two attached hydrogens (primary N) is 1. The van der Waals surface area contributed by atoms with Crippen LogP contribution in [0.25, 0.3) is 0 Å². The maximum Gasteiger partial charge on any atom is 0.240 e. The molecule has 20 heavy (non-hydrogen) atoms. The Morgan fingerprint density at radius 3 is 2.50 bits per heavy atom. The minimum Gasteiger partial charge on any atom is -0.371 e. The van der Waals surface area contributed by atoms with E-state index in [1.54, 1.807) is 12.1 Å². The number of hydrogen-bond donors (Lipinski definition) is 2. The van der Waals surface area contributed by atoms with Crippen molar-refractivity contribution in [2.75, 3.05) is 24.5 Å². The van der Waals surface area contributed by atoms with Gasteiger partial charge >= 0.3 is 0 Å². The fourth-order valence-electron chi connectivity index (χ4n) is 2.47. The van der Waals surface area contributed by atoms with Crippen LogP contribution in [0.15, 0.2) is 29.2 Å². The molecule has 0 spiro atoms.